The largest absolute Gasteiger partial charge is 0.376 e. The van der Waals surface area contributed by atoms with Gasteiger partial charge in [0.05, 0.1) is 41.4 Å². The molecule has 1 saturated carbocycles. The van der Waals surface area contributed by atoms with Gasteiger partial charge in [0.2, 0.25) is 5.91 Å². The Kier molecular flexibility index (Phi) is 10.3. The summed E-state index contributed by atoms with van der Waals surface area (Å²) in [4.78, 5) is 44.7. The molecular weight excluding hydrogens is 621 g/mol. The van der Waals surface area contributed by atoms with Gasteiger partial charge in [0, 0.05) is 62.3 Å². The highest BCUT2D eigenvalue weighted by Gasteiger charge is 2.42. The van der Waals surface area contributed by atoms with Gasteiger partial charge in [0.15, 0.2) is 0 Å². The van der Waals surface area contributed by atoms with E-state index < -0.39 is 11.7 Å². The van der Waals surface area contributed by atoms with E-state index in [-0.39, 0.29) is 52.7 Å². The number of aldehydes is 1. The Morgan fingerprint density at radius 3 is 2.57 bits per heavy atom. The Labute approximate surface area is 280 Å². The van der Waals surface area contributed by atoms with Gasteiger partial charge in [-0.2, -0.15) is 0 Å². The SMILES string of the molecule is CN(C)CC1CN([C@H]2C[C@@H](COC3CCC(C=O)CC3)N(C(=O)Cc3cc(Cl)c(NC(=O)c4cn(C)c5ccccc45)cc3F)C2)C1. The molecule has 9 nitrogen and oxygen atoms in total. The fourth-order valence-electron chi connectivity index (χ4n) is 7.59. The Hall–Kier alpha value is -3.31. The van der Waals surface area contributed by atoms with E-state index in [1.165, 1.54) is 12.1 Å². The van der Waals surface area contributed by atoms with Crippen LogP contribution in [-0.4, -0.2) is 102 Å². The number of ether oxygens (including phenoxy) is 1. The smallest absolute Gasteiger partial charge is 0.257 e. The number of anilines is 1. The summed E-state index contributed by atoms with van der Waals surface area (Å²) >= 11 is 6.56. The lowest BCUT2D eigenvalue weighted by atomic mass is 9.88. The zero-order chi connectivity index (χ0) is 33.2. The molecule has 2 saturated heterocycles. The number of carbonyl (C=O) groups excluding carboxylic acids is 3. The number of aryl methyl sites for hydroxylation is 1. The third kappa shape index (κ3) is 7.56. The molecule has 1 aromatic heterocycles. The van der Waals surface area contributed by atoms with E-state index in [1.54, 1.807) is 6.20 Å². The summed E-state index contributed by atoms with van der Waals surface area (Å²) in [6.07, 6.45) is 6.91. The number of para-hydroxylation sites is 1. The van der Waals surface area contributed by atoms with Crippen molar-refractivity contribution in [2.24, 2.45) is 18.9 Å². The molecule has 2 aliphatic heterocycles. The molecule has 2 atom stereocenters. The van der Waals surface area contributed by atoms with Crippen molar-refractivity contribution in [1.82, 2.24) is 19.3 Å². The minimum absolute atomic E-state index is 0.0866. The van der Waals surface area contributed by atoms with Crippen molar-refractivity contribution in [1.29, 1.82) is 0 Å². The number of aromatic nitrogens is 1. The van der Waals surface area contributed by atoms with Gasteiger partial charge in [-0.25, -0.2) is 4.39 Å². The average Bonchev–Trinajstić information content (AvgIpc) is 3.61. The molecule has 6 rings (SSSR count). The van der Waals surface area contributed by atoms with Crippen molar-refractivity contribution in [3.63, 3.8) is 0 Å². The van der Waals surface area contributed by atoms with Gasteiger partial charge in [0.25, 0.3) is 5.91 Å². The summed E-state index contributed by atoms with van der Waals surface area (Å²) in [5.41, 5.74) is 1.71. The molecule has 1 N–H and O–H groups in total. The van der Waals surface area contributed by atoms with E-state index in [9.17, 15) is 14.4 Å². The molecule has 0 radical (unpaired) electrons. The summed E-state index contributed by atoms with van der Waals surface area (Å²) in [6.45, 7) is 4.05. The Bertz CT molecular complexity index is 1610. The number of likely N-dealkylation sites (tertiary alicyclic amines) is 2. The first kappa shape index (κ1) is 33.6. The first-order chi connectivity index (χ1) is 22.6. The van der Waals surface area contributed by atoms with Gasteiger partial charge in [-0.1, -0.05) is 29.8 Å². The standard InChI is InChI=1S/C36H45ClFN5O4/c1-40(2)16-24-17-42(18-24)26-14-27(22-47-28-10-8-23(21-44)9-11-28)43(19-26)35(45)13-25-12-31(37)33(15-32(25)38)39-36(46)30-20-41(3)34-7-5-4-6-29(30)34/h4-7,12,15,20-21,23-24,26-28H,8-11,13-14,16-19,22H2,1-3H3,(H,39,46)/t23?,26-,27-,28?/m0/s1. The summed E-state index contributed by atoms with van der Waals surface area (Å²) in [5, 5.41) is 3.71. The second-order valence-electron chi connectivity index (χ2n) is 13.9. The zero-order valence-electron chi connectivity index (χ0n) is 27.5. The van der Waals surface area contributed by atoms with Crippen molar-refractivity contribution in [2.45, 2.75) is 56.7 Å². The highest BCUT2D eigenvalue weighted by Crippen LogP contribution is 2.32. The number of amides is 2. The molecule has 3 heterocycles. The number of benzene rings is 2. The van der Waals surface area contributed by atoms with E-state index >= 15 is 4.39 Å². The lowest BCUT2D eigenvalue weighted by Gasteiger charge is -2.44. The van der Waals surface area contributed by atoms with Crippen LogP contribution < -0.4 is 5.32 Å². The number of nitrogens with one attached hydrogen (secondary N) is 1. The van der Waals surface area contributed by atoms with Crippen LogP contribution in [0.25, 0.3) is 10.9 Å². The monoisotopic (exact) mass is 665 g/mol. The molecule has 47 heavy (non-hydrogen) atoms. The van der Waals surface area contributed by atoms with Crippen LogP contribution in [0.3, 0.4) is 0 Å². The molecule has 2 amide bonds. The number of carbonyl (C=O) groups is 3. The second-order valence-corrected chi connectivity index (χ2v) is 14.3. The van der Waals surface area contributed by atoms with Crippen molar-refractivity contribution < 1.29 is 23.5 Å². The predicted molar refractivity (Wildman–Crippen MR) is 181 cm³/mol. The van der Waals surface area contributed by atoms with Crippen molar-refractivity contribution in [3.05, 3.63) is 64.6 Å². The minimum Gasteiger partial charge on any atom is -0.376 e. The van der Waals surface area contributed by atoms with Crippen molar-refractivity contribution >= 4 is 46.3 Å². The van der Waals surface area contributed by atoms with Crippen LogP contribution in [0, 0.1) is 17.7 Å². The number of hydrogen-bond donors (Lipinski definition) is 1. The summed E-state index contributed by atoms with van der Waals surface area (Å²) < 4.78 is 23.7. The first-order valence-electron chi connectivity index (χ1n) is 16.7. The highest BCUT2D eigenvalue weighted by atomic mass is 35.5. The van der Waals surface area contributed by atoms with Crippen LogP contribution >= 0.6 is 11.6 Å². The van der Waals surface area contributed by atoms with Crippen molar-refractivity contribution in [3.8, 4) is 0 Å². The maximum absolute atomic E-state index is 15.5. The molecule has 2 aromatic carbocycles. The number of fused-ring (bicyclic) bond motifs is 1. The molecule has 0 unspecified atom stereocenters. The lowest BCUT2D eigenvalue weighted by Crippen LogP contribution is -2.55. The molecule has 3 fully saturated rings. The molecule has 3 aliphatic rings. The molecule has 0 spiro atoms. The first-order valence-corrected chi connectivity index (χ1v) is 17.1. The van der Waals surface area contributed by atoms with Gasteiger partial charge in [0.1, 0.15) is 12.1 Å². The van der Waals surface area contributed by atoms with Gasteiger partial charge in [-0.15, -0.1) is 0 Å². The van der Waals surface area contributed by atoms with E-state index in [1.807, 2.05) is 40.8 Å². The fourth-order valence-corrected chi connectivity index (χ4v) is 7.83. The van der Waals surface area contributed by atoms with Crippen LogP contribution in [0.5, 0.6) is 0 Å². The molecule has 1 aliphatic carbocycles. The second kappa shape index (κ2) is 14.4. The normalized spacial score (nSPS) is 23.7. The lowest BCUT2D eigenvalue weighted by molar-refractivity contribution is -0.133. The zero-order valence-corrected chi connectivity index (χ0v) is 28.2. The van der Waals surface area contributed by atoms with Crippen LogP contribution in [0.4, 0.5) is 10.1 Å². The fraction of sp³-hybridized carbons (Fsp3) is 0.528. The third-order valence-electron chi connectivity index (χ3n) is 10.1. The van der Waals surface area contributed by atoms with Crippen molar-refractivity contribution in [2.75, 3.05) is 52.2 Å². The topological polar surface area (TPSA) is 87.1 Å². The maximum atomic E-state index is 15.5. The van der Waals surface area contributed by atoms with E-state index in [4.69, 9.17) is 16.3 Å². The Balaban J connectivity index is 1.12. The van der Waals surface area contributed by atoms with E-state index in [0.29, 0.717) is 24.6 Å². The Morgan fingerprint density at radius 1 is 1.11 bits per heavy atom. The number of nitrogens with zero attached hydrogens (tertiary/aromatic N) is 4. The molecular formula is C36H45ClFN5O4. The number of hydrogen-bond acceptors (Lipinski definition) is 6. The third-order valence-corrected chi connectivity index (χ3v) is 10.5. The number of rotatable bonds is 11. The Morgan fingerprint density at radius 2 is 1.85 bits per heavy atom. The average molecular weight is 666 g/mol. The minimum atomic E-state index is -0.597. The van der Waals surface area contributed by atoms with E-state index in [0.717, 1.165) is 68.9 Å². The van der Waals surface area contributed by atoms with Gasteiger partial charge >= 0.3 is 0 Å². The van der Waals surface area contributed by atoms with Crippen LogP contribution in [0.2, 0.25) is 5.02 Å². The van der Waals surface area contributed by atoms with Crippen LogP contribution in [-0.2, 0) is 27.8 Å². The summed E-state index contributed by atoms with van der Waals surface area (Å²) in [5.74, 6) is -0.422. The highest BCUT2D eigenvalue weighted by molar-refractivity contribution is 6.34. The molecule has 11 heteroatoms. The van der Waals surface area contributed by atoms with Gasteiger partial charge < -0.3 is 29.2 Å². The molecule has 3 aromatic rings. The predicted octanol–water partition coefficient (Wildman–Crippen LogP) is 5.00. The van der Waals surface area contributed by atoms with E-state index in [2.05, 4.69) is 29.2 Å². The van der Waals surface area contributed by atoms with Crippen LogP contribution in [0.1, 0.15) is 48.0 Å². The van der Waals surface area contributed by atoms with Crippen LogP contribution in [0.15, 0.2) is 42.6 Å². The van der Waals surface area contributed by atoms with Gasteiger partial charge in [-0.05, 0) is 75.9 Å². The summed E-state index contributed by atoms with van der Waals surface area (Å²) in [6, 6.07) is 10.3. The molecule has 0 bridgehead atoms. The summed E-state index contributed by atoms with van der Waals surface area (Å²) in [7, 11) is 6.04. The number of halogens is 2. The maximum Gasteiger partial charge on any atom is 0.257 e. The van der Waals surface area contributed by atoms with Gasteiger partial charge in [-0.3, -0.25) is 14.5 Å². The molecule has 252 valence electrons. The quantitative estimate of drug-likeness (QED) is 0.290.